The van der Waals surface area contributed by atoms with Crippen LogP contribution in [0.5, 0.6) is 0 Å². The molecule has 1 atom stereocenters. The van der Waals surface area contributed by atoms with Gasteiger partial charge >= 0.3 is 0 Å². The van der Waals surface area contributed by atoms with Crippen LogP contribution in [0.15, 0.2) is 5.16 Å². The smallest absolute Gasteiger partial charge is 0.233 e. The molecule has 0 saturated carbocycles. The first-order valence-corrected chi connectivity index (χ1v) is 9.90. The van der Waals surface area contributed by atoms with Crippen molar-refractivity contribution in [3.63, 3.8) is 0 Å². The highest BCUT2D eigenvalue weighted by atomic mass is 32.2. The molecule has 4 rings (SSSR count). The minimum absolute atomic E-state index is 0.169. The van der Waals surface area contributed by atoms with Gasteiger partial charge in [-0.15, -0.1) is 11.3 Å². The van der Waals surface area contributed by atoms with Crippen LogP contribution >= 0.6 is 23.1 Å². The van der Waals surface area contributed by atoms with Crippen LogP contribution in [0.4, 0.5) is 5.82 Å². The van der Waals surface area contributed by atoms with Crippen molar-refractivity contribution >= 4 is 45.0 Å². The average Bonchev–Trinajstić information content (AvgIpc) is 2.80. The van der Waals surface area contributed by atoms with Gasteiger partial charge in [-0.05, 0) is 37.2 Å². The van der Waals surface area contributed by atoms with Crippen LogP contribution in [0.1, 0.15) is 30.2 Å². The molecule has 1 amide bonds. The number of thiophene rings is 1. The summed E-state index contributed by atoms with van der Waals surface area (Å²) in [4.78, 5) is 25.3. The monoisotopic (exact) mass is 348 g/mol. The van der Waals surface area contributed by atoms with Crippen LogP contribution in [0.3, 0.4) is 0 Å². The van der Waals surface area contributed by atoms with Gasteiger partial charge in [0.05, 0.1) is 11.1 Å². The molecule has 2 aromatic rings. The fourth-order valence-electron chi connectivity index (χ4n) is 3.20. The van der Waals surface area contributed by atoms with Crippen molar-refractivity contribution in [3.05, 3.63) is 10.4 Å². The predicted octanol–water partition coefficient (Wildman–Crippen LogP) is 2.72. The number of nitrogen functional groups attached to an aromatic ring is 1. The van der Waals surface area contributed by atoms with E-state index in [2.05, 4.69) is 16.9 Å². The molecule has 0 radical (unpaired) electrons. The fraction of sp³-hybridized carbons (Fsp3) is 0.562. The van der Waals surface area contributed by atoms with Gasteiger partial charge in [-0.3, -0.25) is 4.79 Å². The number of aryl methyl sites for hydroxylation is 1. The molecule has 3 heterocycles. The van der Waals surface area contributed by atoms with E-state index in [0.717, 1.165) is 48.5 Å². The number of thioether (sulfide) groups is 1. The van der Waals surface area contributed by atoms with Crippen molar-refractivity contribution in [3.8, 4) is 0 Å². The summed E-state index contributed by atoms with van der Waals surface area (Å²) in [5.41, 5.74) is 7.57. The first kappa shape index (κ1) is 15.2. The molecule has 0 bridgehead atoms. The third kappa shape index (κ3) is 2.80. The van der Waals surface area contributed by atoms with Gasteiger partial charge in [0.25, 0.3) is 0 Å². The van der Waals surface area contributed by atoms with E-state index in [0.29, 0.717) is 16.7 Å². The molecule has 0 spiro atoms. The lowest BCUT2D eigenvalue weighted by molar-refractivity contribution is -0.131. The summed E-state index contributed by atoms with van der Waals surface area (Å²) in [5.74, 6) is 1.86. The lowest BCUT2D eigenvalue weighted by Crippen LogP contribution is -2.43. The number of nitrogens with two attached hydrogens (primary N) is 1. The first-order valence-electron chi connectivity index (χ1n) is 8.10. The second-order valence-electron chi connectivity index (χ2n) is 6.45. The zero-order chi connectivity index (χ0) is 16.0. The number of carbonyl (C=O) groups excluding carboxylic acids is 1. The number of rotatable bonds is 3. The van der Waals surface area contributed by atoms with Crippen molar-refractivity contribution in [2.24, 2.45) is 5.92 Å². The maximum Gasteiger partial charge on any atom is 0.233 e. The van der Waals surface area contributed by atoms with E-state index in [9.17, 15) is 4.79 Å². The molecule has 2 aliphatic rings. The molecule has 1 aliphatic heterocycles. The Bertz CT molecular complexity index is 769. The van der Waals surface area contributed by atoms with E-state index >= 15 is 0 Å². The van der Waals surface area contributed by atoms with E-state index in [-0.39, 0.29) is 5.91 Å². The number of aromatic nitrogens is 2. The van der Waals surface area contributed by atoms with Gasteiger partial charge in [-0.2, -0.15) is 0 Å². The number of carbonyl (C=O) groups is 1. The molecule has 2 aromatic heterocycles. The molecular weight excluding hydrogens is 328 g/mol. The Morgan fingerprint density at radius 1 is 1.43 bits per heavy atom. The predicted molar refractivity (Wildman–Crippen MR) is 94.9 cm³/mol. The largest absolute Gasteiger partial charge is 0.383 e. The number of amides is 1. The molecule has 1 unspecified atom stereocenters. The van der Waals surface area contributed by atoms with E-state index in [1.54, 1.807) is 11.3 Å². The van der Waals surface area contributed by atoms with Crippen molar-refractivity contribution in [1.29, 1.82) is 0 Å². The molecule has 0 aromatic carbocycles. The van der Waals surface area contributed by atoms with Crippen molar-refractivity contribution in [1.82, 2.24) is 14.9 Å². The normalized spacial score (nSPS) is 20.4. The van der Waals surface area contributed by atoms with E-state index in [4.69, 9.17) is 5.73 Å². The molecule has 1 aliphatic carbocycles. The Morgan fingerprint density at radius 3 is 3.00 bits per heavy atom. The van der Waals surface area contributed by atoms with Gasteiger partial charge in [0.2, 0.25) is 5.91 Å². The number of likely N-dealkylation sites (tertiary alicyclic amines) is 1. The third-order valence-corrected chi connectivity index (χ3v) is 6.68. The molecule has 122 valence electrons. The second kappa shape index (κ2) is 5.94. The van der Waals surface area contributed by atoms with Crippen LogP contribution in [0.25, 0.3) is 10.2 Å². The summed E-state index contributed by atoms with van der Waals surface area (Å²) in [7, 11) is 0. The van der Waals surface area contributed by atoms with Crippen molar-refractivity contribution < 1.29 is 4.79 Å². The molecular formula is C16H20N4OS2. The molecule has 23 heavy (non-hydrogen) atoms. The first-order chi connectivity index (χ1) is 11.1. The van der Waals surface area contributed by atoms with Crippen LogP contribution < -0.4 is 5.73 Å². The fourth-order valence-corrected chi connectivity index (χ4v) is 5.40. The topological polar surface area (TPSA) is 72.1 Å². The minimum atomic E-state index is 0.169. The Hall–Kier alpha value is -1.34. The molecule has 2 N–H and O–H groups in total. The van der Waals surface area contributed by atoms with Gasteiger partial charge in [-0.1, -0.05) is 18.7 Å². The maximum absolute atomic E-state index is 12.0. The second-order valence-corrected chi connectivity index (χ2v) is 8.47. The van der Waals surface area contributed by atoms with Gasteiger partial charge < -0.3 is 10.6 Å². The number of hydrogen-bond donors (Lipinski definition) is 1. The lowest BCUT2D eigenvalue weighted by Gasteiger charge is -2.30. The number of nitrogens with zero attached hydrogens (tertiary/aromatic N) is 3. The molecule has 5 nitrogen and oxygen atoms in total. The summed E-state index contributed by atoms with van der Waals surface area (Å²) in [5, 5.41) is 1.67. The average molecular weight is 348 g/mol. The lowest BCUT2D eigenvalue weighted by atomic mass is 9.89. The Morgan fingerprint density at radius 2 is 2.26 bits per heavy atom. The van der Waals surface area contributed by atoms with E-state index in [1.807, 2.05) is 4.90 Å². The van der Waals surface area contributed by atoms with Crippen LogP contribution in [-0.2, 0) is 17.6 Å². The highest BCUT2D eigenvalue weighted by Crippen LogP contribution is 2.39. The number of anilines is 1. The standard InChI is InChI=1S/C16H20N4OS2/c1-9-3-4-10-11(7-9)23-15-13(10)14(17)18-16(19-15)22-8-12(21)20-5-2-6-20/h9H,2-8H2,1H3,(H2,17,18,19). The molecule has 1 fully saturated rings. The van der Waals surface area contributed by atoms with Gasteiger partial charge in [0, 0.05) is 18.0 Å². The highest BCUT2D eigenvalue weighted by Gasteiger charge is 2.24. The minimum Gasteiger partial charge on any atom is -0.383 e. The summed E-state index contributed by atoms with van der Waals surface area (Å²) in [6.45, 7) is 4.07. The summed E-state index contributed by atoms with van der Waals surface area (Å²) in [6.07, 6.45) is 4.51. The van der Waals surface area contributed by atoms with Crippen molar-refractivity contribution in [2.75, 3.05) is 24.6 Å². The SMILES string of the molecule is CC1CCc2c(sc3nc(SCC(=O)N4CCC4)nc(N)c23)C1. The van der Waals surface area contributed by atoms with Gasteiger partial charge in [0.15, 0.2) is 5.16 Å². The Kier molecular flexibility index (Phi) is 3.93. The molecule has 7 heteroatoms. The van der Waals surface area contributed by atoms with E-state index in [1.165, 1.54) is 28.6 Å². The maximum atomic E-state index is 12.0. The van der Waals surface area contributed by atoms with Crippen LogP contribution in [-0.4, -0.2) is 39.6 Å². The number of hydrogen-bond acceptors (Lipinski definition) is 6. The van der Waals surface area contributed by atoms with Crippen LogP contribution in [0.2, 0.25) is 0 Å². The quantitative estimate of drug-likeness (QED) is 0.682. The van der Waals surface area contributed by atoms with Crippen molar-refractivity contribution in [2.45, 2.75) is 37.8 Å². The van der Waals surface area contributed by atoms with Gasteiger partial charge in [-0.25, -0.2) is 9.97 Å². The summed E-state index contributed by atoms with van der Waals surface area (Å²) >= 11 is 3.14. The Balaban J connectivity index is 1.58. The van der Waals surface area contributed by atoms with E-state index < -0.39 is 0 Å². The zero-order valence-electron chi connectivity index (χ0n) is 13.2. The van der Waals surface area contributed by atoms with Crippen LogP contribution in [0, 0.1) is 5.92 Å². The zero-order valence-corrected chi connectivity index (χ0v) is 14.8. The third-order valence-electron chi connectivity index (χ3n) is 4.70. The highest BCUT2D eigenvalue weighted by molar-refractivity contribution is 7.99. The van der Waals surface area contributed by atoms with Gasteiger partial charge in [0.1, 0.15) is 10.6 Å². The summed E-state index contributed by atoms with van der Waals surface area (Å²) in [6, 6.07) is 0. The molecule has 1 saturated heterocycles. The Labute approximate surface area is 143 Å². The number of fused-ring (bicyclic) bond motifs is 3. The summed E-state index contributed by atoms with van der Waals surface area (Å²) < 4.78 is 0.